The predicted molar refractivity (Wildman–Crippen MR) is 55.4 cm³/mol. The van der Waals surface area contributed by atoms with Gasteiger partial charge in [0.25, 0.3) is 0 Å². The molecule has 0 aromatic heterocycles. The van der Waals surface area contributed by atoms with Gasteiger partial charge < -0.3 is 4.74 Å². The summed E-state index contributed by atoms with van der Waals surface area (Å²) in [7, 11) is 0. The third kappa shape index (κ3) is 5.99. The number of esters is 1. The van der Waals surface area contributed by atoms with E-state index in [-0.39, 0.29) is 18.9 Å². The van der Waals surface area contributed by atoms with Crippen LogP contribution in [0.4, 0.5) is 0 Å². The molecule has 0 aliphatic carbocycles. The zero-order chi connectivity index (χ0) is 11.7. The fourth-order valence-corrected chi connectivity index (χ4v) is 0.655. The monoisotopic (exact) mass is 208 g/mol. The number of carbonyl (C=O) groups excluding carboxylic acids is 1. The lowest BCUT2D eigenvalue weighted by molar-refractivity contribution is -0.142. The van der Waals surface area contributed by atoms with Crippen molar-refractivity contribution in [1.82, 2.24) is 5.01 Å². The van der Waals surface area contributed by atoms with E-state index in [2.05, 4.69) is 16.4 Å². The van der Waals surface area contributed by atoms with Gasteiger partial charge in [0, 0.05) is 0 Å². The maximum atomic E-state index is 11.1. The Labute approximate surface area is 87.9 Å². The van der Waals surface area contributed by atoms with Crippen LogP contribution in [0.25, 0.3) is 0 Å². The first kappa shape index (κ1) is 12.8. The molecule has 0 saturated heterocycles. The van der Waals surface area contributed by atoms with Crippen LogP contribution >= 0.6 is 0 Å². The maximum Gasteiger partial charge on any atom is 0.328 e. The zero-order valence-corrected chi connectivity index (χ0v) is 8.43. The Hall–Kier alpha value is -2.16. The predicted octanol–water partition coefficient (Wildman–Crippen LogP) is 0.524. The van der Waals surface area contributed by atoms with Crippen molar-refractivity contribution in [1.29, 1.82) is 10.7 Å². The minimum atomic E-state index is -0.534. The molecule has 80 valence electrons. The lowest BCUT2D eigenvalue weighted by Gasteiger charge is -2.11. The summed E-state index contributed by atoms with van der Waals surface area (Å²) < 4.78 is 4.68. The quantitative estimate of drug-likeness (QED) is 0.226. The van der Waals surface area contributed by atoms with E-state index < -0.39 is 5.97 Å². The molecule has 6 heteroatoms. The summed E-state index contributed by atoms with van der Waals surface area (Å²) in [6, 6.07) is 1.78. The molecule has 1 N–H and O–H groups in total. The summed E-state index contributed by atoms with van der Waals surface area (Å²) in [4.78, 5) is 11.1. The number of nitriles is 1. The Bertz CT molecular complexity index is 317. The molecule has 15 heavy (non-hydrogen) atoms. The van der Waals surface area contributed by atoms with Crippen LogP contribution in [0.1, 0.15) is 6.92 Å². The highest BCUT2D eigenvalue weighted by molar-refractivity contribution is 5.96. The van der Waals surface area contributed by atoms with Crippen LogP contribution in [-0.4, -0.2) is 36.2 Å². The van der Waals surface area contributed by atoms with Crippen LogP contribution < -0.4 is 0 Å². The van der Waals surface area contributed by atoms with Gasteiger partial charge in [0.05, 0.1) is 0 Å². The number of hydrogen-bond donors (Lipinski definition) is 1. The van der Waals surface area contributed by atoms with Crippen molar-refractivity contribution in [3.8, 4) is 6.07 Å². The number of hydrazone groups is 1. The maximum absolute atomic E-state index is 11.1. The van der Waals surface area contributed by atoms with E-state index in [1.54, 1.807) is 6.07 Å². The van der Waals surface area contributed by atoms with Crippen molar-refractivity contribution in [3.05, 3.63) is 12.7 Å². The molecule has 0 rings (SSSR count). The molecule has 0 fully saturated rings. The molecule has 0 amide bonds. The fourth-order valence-electron chi connectivity index (χ4n) is 0.655. The lowest BCUT2D eigenvalue weighted by Crippen LogP contribution is -2.26. The molecule has 0 aromatic rings. The van der Waals surface area contributed by atoms with Crippen molar-refractivity contribution in [2.24, 2.45) is 5.10 Å². The van der Waals surface area contributed by atoms with Gasteiger partial charge >= 0.3 is 5.97 Å². The van der Waals surface area contributed by atoms with E-state index in [4.69, 9.17) is 10.7 Å². The van der Waals surface area contributed by atoms with Crippen molar-refractivity contribution in [2.75, 3.05) is 13.2 Å². The SMILES string of the molecule is C=CCOC(=O)CN(C=N)/N=C(\C)C#N. The highest BCUT2D eigenvalue weighted by atomic mass is 16.5. The summed E-state index contributed by atoms with van der Waals surface area (Å²) in [6.45, 7) is 4.78. The number of nitrogens with one attached hydrogen (secondary N) is 1. The van der Waals surface area contributed by atoms with Crippen LogP contribution in [0.2, 0.25) is 0 Å². The summed E-state index contributed by atoms with van der Waals surface area (Å²) in [6.07, 6.45) is 2.28. The lowest BCUT2D eigenvalue weighted by atomic mass is 10.5. The molecule has 0 atom stereocenters. The van der Waals surface area contributed by atoms with E-state index in [0.717, 1.165) is 11.3 Å². The van der Waals surface area contributed by atoms with Crippen LogP contribution in [0, 0.1) is 16.7 Å². The van der Waals surface area contributed by atoms with Gasteiger partial charge in [-0.15, -0.1) is 0 Å². The second-order valence-electron chi connectivity index (χ2n) is 2.50. The van der Waals surface area contributed by atoms with Gasteiger partial charge in [-0.1, -0.05) is 12.7 Å². The molecule has 0 heterocycles. The van der Waals surface area contributed by atoms with Gasteiger partial charge in [0.1, 0.15) is 31.3 Å². The number of hydrogen-bond acceptors (Lipinski definition) is 5. The molecule has 6 nitrogen and oxygen atoms in total. The number of ether oxygens (including phenoxy) is 1. The van der Waals surface area contributed by atoms with Crippen molar-refractivity contribution in [3.63, 3.8) is 0 Å². The third-order valence-electron chi connectivity index (χ3n) is 1.24. The second-order valence-corrected chi connectivity index (χ2v) is 2.50. The largest absolute Gasteiger partial charge is 0.460 e. The Morgan fingerprint density at radius 2 is 2.47 bits per heavy atom. The van der Waals surface area contributed by atoms with Gasteiger partial charge in [0.15, 0.2) is 0 Å². The zero-order valence-electron chi connectivity index (χ0n) is 8.43. The highest BCUT2D eigenvalue weighted by Crippen LogP contribution is 1.89. The van der Waals surface area contributed by atoms with E-state index in [9.17, 15) is 4.79 Å². The first-order valence-electron chi connectivity index (χ1n) is 4.13. The highest BCUT2D eigenvalue weighted by Gasteiger charge is 2.07. The van der Waals surface area contributed by atoms with Crippen molar-refractivity contribution < 1.29 is 9.53 Å². The topological polar surface area (TPSA) is 89.5 Å². The minimum Gasteiger partial charge on any atom is -0.460 e. The molecule has 0 aliphatic rings. The number of carbonyl (C=O) groups is 1. The molecule has 0 saturated carbocycles. The minimum absolute atomic E-state index is 0.117. The fraction of sp³-hybridized carbons (Fsp3) is 0.333. The van der Waals surface area contributed by atoms with Crippen LogP contribution in [0.3, 0.4) is 0 Å². The van der Waals surface area contributed by atoms with Gasteiger partial charge in [-0.05, 0) is 6.92 Å². The Morgan fingerprint density at radius 1 is 1.80 bits per heavy atom. The smallest absolute Gasteiger partial charge is 0.328 e. The van der Waals surface area contributed by atoms with E-state index in [0.29, 0.717) is 0 Å². The van der Waals surface area contributed by atoms with E-state index in [1.807, 2.05) is 0 Å². The van der Waals surface area contributed by atoms with E-state index in [1.165, 1.54) is 13.0 Å². The van der Waals surface area contributed by atoms with Crippen LogP contribution in [-0.2, 0) is 9.53 Å². The number of rotatable bonds is 6. The third-order valence-corrected chi connectivity index (χ3v) is 1.24. The van der Waals surface area contributed by atoms with Crippen molar-refractivity contribution >= 4 is 18.0 Å². The summed E-state index contributed by atoms with van der Waals surface area (Å²) in [5.41, 5.74) is 0.162. The Balaban J connectivity index is 4.22. The Kier molecular flexibility index (Phi) is 6.22. The number of nitrogens with zero attached hydrogens (tertiary/aromatic N) is 3. The summed E-state index contributed by atoms with van der Waals surface area (Å²) in [5.74, 6) is -0.534. The Morgan fingerprint density at radius 3 is 2.93 bits per heavy atom. The molecule has 0 radical (unpaired) electrons. The molecule has 0 bridgehead atoms. The summed E-state index contributed by atoms with van der Waals surface area (Å²) in [5, 5.41) is 20.1. The van der Waals surface area contributed by atoms with Crippen LogP contribution in [0.15, 0.2) is 17.8 Å². The van der Waals surface area contributed by atoms with Crippen LogP contribution in [0.5, 0.6) is 0 Å². The van der Waals surface area contributed by atoms with Gasteiger partial charge in [0.2, 0.25) is 0 Å². The molecule has 0 aromatic carbocycles. The second kappa shape index (κ2) is 7.26. The molecular formula is C9H12N4O2. The molecule has 0 spiro atoms. The average molecular weight is 208 g/mol. The van der Waals surface area contributed by atoms with Gasteiger partial charge in [-0.25, -0.2) is 5.01 Å². The molecule has 0 aliphatic heterocycles. The van der Waals surface area contributed by atoms with E-state index >= 15 is 0 Å². The first-order chi connectivity index (χ1) is 7.13. The summed E-state index contributed by atoms with van der Waals surface area (Å²) >= 11 is 0. The standard InChI is InChI=1S/C9H12N4O2/c1-3-4-15-9(14)6-13(7-11)12-8(2)5-10/h3,7,11H,1,4,6H2,2H3/b11-7?,12-8+. The average Bonchev–Trinajstić information content (AvgIpc) is 2.25. The van der Waals surface area contributed by atoms with Gasteiger partial charge in [-0.3, -0.25) is 10.2 Å². The first-order valence-corrected chi connectivity index (χ1v) is 4.13. The molecular weight excluding hydrogens is 196 g/mol. The van der Waals surface area contributed by atoms with Crippen molar-refractivity contribution in [2.45, 2.75) is 6.92 Å². The van der Waals surface area contributed by atoms with Gasteiger partial charge in [-0.2, -0.15) is 10.4 Å². The normalized spacial score (nSPS) is 10.0. The molecule has 0 unspecified atom stereocenters.